The number of nitrogens with zero attached hydrogens (tertiary/aromatic N) is 3. The number of hydrogen-bond donors (Lipinski definition) is 2. The summed E-state index contributed by atoms with van der Waals surface area (Å²) in [5.41, 5.74) is 3.18. The van der Waals surface area contributed by atoms with Gasteiger partial charge in [0.1, 0.15) is 5.03 Å². The Morgan fingerprint density at radius 3 is 2.70 bits per heavy atom. The summed E-state index contributed by atoms with van der Waals surface area (Å²) in [6.07, 6.45) is 0. The molecule has 0 saturated carbocycles. The minimum Gasteiger partial charge on any atom is -0.314 e. The van der Waals surface area contributed by atoms with Gasteiger partial charge in [0.05, 0.1) is 5.69 Å². The van der Waals surface area contributed by atoms with Gasteiger partial charge >= 0.3 is 0 Å². The summed E-state index contributed by atoms with van der Waals surface area (Å²) < 4.78 is 3.40. The third-order valence-electron chi connectivity index (χ3n) is 3.92. The Balaban J connectivity index is 1.50. The molecule has 23 heavy (non-hydrogen) atoms. The summed E-state index contributed by atoms with van der Waals surface area (Å²) >= 11 is 1.57. The van der Waals surface area contributed by atoms with E-state index in [1.54, 1.807) is 11.9 Å². The van der Waals surface area contributed by atoms with E-state index in [1.165, 1.54) is 0 Å². The molecule has 5 nitrogen and oxygen atoms in total. The number of hydrogen-bond acceptors (Lipinski definition) is 6. The average Bonchev–Trinajstić information content (AvgIpc) is 2.61. The van der Waals surface area contributed by atoms with Gasteiger partial charge in [0.15, 0.2) is 0 Å². The Kier molecular flexibility index (Phi) is 5.99. The number of piperazine rings is 1. The number of rotatable bonds is 6. The highest BCUT2D eigenvalue weighted by atomic mass is 32.2. The molecular formula is C17H23N5S. The van der Waals surface area contributed by atoms with Gasteiger partial charge in [0.25, 0.3) is 0 Å². The van der Waals surface area contributed by atoms with Gasteiger partial charge in [0, 0.05) is 44.8 Å². The van der Waals surface area contributed by atoms with E-state index in [0.29, 0.717) is 0 Å². The van der Waals surface area contributed by atoms with Crippen molar-refractivity contribution in [2.45, 2.75) is 11.9 Å². The summed E-state index contributed by atoms with van der Waals surface area (Å²) in [5.74, 6) is 0. The van der Waals surface area contributed by atoms with Crippen molar-refractivity contribution in [3.63, 3.8) is 0 Å². The third-order valence-corrected chi connectivity index (χ3v) is 4.86. The van der Waals surface area contributed by atoms with Crippen molar-refractivity contribution in [3.8, 4) is 11.3 Å². The zero-order valence-electron chi connectivity index (χ0n) is 13.5. The van der Waals surface area contributed by atoms with Crippen LogP contribution in [0.5, 0.6) is 0 Å². The van der Waals surface area contributed by atoms with Gasteiger partial charge < -0.3 is 5.32 Å². The molecule has 1 aromatic carbocycles. The van der Waals surface area contributed by atoms with Crippen LogP contribution >= 0.6 is 11.9 Å². The van der Waals surface area contributed by atoms with Crippen LogP contribution in [0.3, 0.4) is 0 Å². The Bertz CT molecular complexity index is 614. The van der Waals surface area contributed by atoms with E-state index in [1.807, 2.05) is 18.2 Å². The highest BCUT2D eigenvalue weighted by molar-refractivity contribution is 7.97. The van der Waals surface area contributed by atoms with Crippen LogP contribution in [0.15, 0.2) is 41.4 Å². The first kappa shape index (κ1) is 16.4. The standard InChI is InChI=1S/C17H23N5S/c1-14-13-16(15-5-3-2-4-6-15)20-21-17(14)23-19-9-12-22-10-7-18-8-11-22/h2-6,13,18-19H,7-12H2,1H3. The number of benzene rings is 1. The maximum atomic E-state index is 4.37. The van der Waals surface area contributed by atoms with Crippen LogP contribution in [0.1, 0.15) is 5.56 Å². The predicted octanol–water partition coefficient (Wildman–Crippen LogP) is 1.95. The molecule has 1 fully saturated rings. The molecule has 0 radical (unpaired) electrons. The van der Waals surface area contributed by atoms with Crippen molar-refractivity contribution in [2.24, 2.45) is 0 Å². The lowest BCUT2D eigenvalue weighted by molar-refractivity contribution is 0.245. The van der Waals surface area contributed by atoms with Gasteiger partial charge in [-0.2, -0.15) is 0 Å². The molecule has 1 aromatic heterocycles. The maximum absolute atomic E-state index is 4.37. The summed E-state index contributed by atoms with van der Waals surface area (Å²) in [4.78, 5) is 2.47. The normalized spacial score (nSPS) is 15.7. The SMILES string of the molecule is Cc1cc(-c2ccccc2)nnc1SNCCN1CCNCC1. The predicted molar refractivity (Wildman–Crippen MR) is 95.4 cm³/mol. The molecule has 1 aliphatic heterocycles. The summed E-state index contributed by atoms with van der Waals surface area (Å²) in [5, 5.41) is 13.0. The molecule has 0 bridgehead atoms. The Morgan fingerprint density at radius 1 is 1.17 bits per heavy atom. The van der Waals surface area contributed by atoms with Crippen LogP contribution in [0.4, 0.5) is 0 Å². The van der Waals surface area contributed by atoms with Crippen LogP contribution in [-0.2, 0) is 0 Å². The quantitative estimate of drug-likeness (QED) is 0.624. The average molecular weight is 329 g/mol. The highest BCUT2D eigenvalue weighted by Gasteiger charge is 2.09. The van der Waals surface area contributed by atoms with Crippen molar-refractivity contribution < 1.29 is 0 Å². The molecule has 0 amide bonds. The van der Waals surface area contributed by atoms with E-state index in [-0.39, 0.29) is 0 Å². The topological polar surface area (TPSA) is 53.1 Å². The van der Waals surface area contributed by atoms with Crippen LogP contribution in [0.2, 0.25) is 0 Å². The van der Waals surface area contributed by atoms with Crippen molar-refractivity contribution >= 4 is 11.9 Å². The molecule has 2 N–H and O–H groups in total. The largest absolute Gasteiger partial charge is 0.314 e. The molecule has 122 valence electrons. The van der Waals surface area contributed by atoms with Gasteiger partial charge in [-0.05, 0) is 30.5 Å². The van der Waals surface area contributed by atoms with Gasteiger partial charge in [0.2, 0.25) is 0 Å². The van der Waals surface area contributed by atoms with E-state index in [9.17, 15) is 0 Å². The molecule has 0 aliphatic carbocycles. The molecule has 0 spiro atoms. The lowest BCUT2D eigenvalue weighted by Crippen LogP contribution is -2.45. The zero-order chi connectivity index (χ0) is 15.9. The lowest BCUT2D eigenvalue weighted by atomic mass is 10.1. The zero-order valence-corrected chi connectivity index (χ0v) is 14.3. The first-order chi connectivity index (χ1) is 11.3. The number of aryl methyl sites for hydroxylation is 1. The number of aromatic nitrogens is 2. The van der Waals surface area contributed by atoms with E-state index >= 15 is 0 Å². The van der Waals surface area contributed by atoms with Crippen molar-refractivity contribution in [2.75, 3.05) is 39.3 Å². The molecular weight excluding hydrogens is 306 g/mol. The molecule has 1 saturated heterocycles. The Labute approximate surface area is 142 Å². The maximum Gasteiger partial charge on any atom is 0.137 e. The molecule has 0 unspecified atom stereocenters. The summed E-state index contributed by atoms with van der Waals surface area (Å²) in [6.45, 7) is 8.57. The molecule has 2 heterocycles. The summed E-state index contributed by atoms with van der Waals surface area (Å²) in [7, 11) is 0. The second-order valence-corrected chi connectivity index (χ2v) is 6.55. The fourth-order valence-electron chi connectivity index (χ4n) is 2.58. The molecule has 6 heteroatoms. The van der Waals surface area contributed by atoms with Gasteiger partial charge in [-0.15, -0.1) is 10.2 Å². The number of nitrogens with one attached hydrogen (secondary N) is 2. The van der Waals surface area contributed by atoms with Crippen LogP contribution in [-0.4, -0.2) is 54.4 Å². The van der Waals surface area contributed by atoms with E-state index in [0.717, 1.165) is 61.1 Å². The summed E-state index contributed by atoms with van der Waals surface area (Å²) in [6, 6.07) is 12.3. The Morgan fingerprint density at radius 2 is 1.96 bits per heavy atom. The molecule has 2 aromatic rings. The minimum absolute atomic E-state index is 0.924. The van der Waals surface area contributed by atoms with E-state index < -0.39 is 0 Å². The third kappa shape index (κ3) is 4.75. The first-order valence-electron chi connectivity index (χ1n) is 8.05. The lowest BCUT2D eigenvalue weighted by Gasteiger charge is -2.26. The monoisotopic (exact) mass is 329 g/mol. The smallest absolute Gasteiger partial charge is 0.137 e. The van der Waals surface area contributed by atoms with Crippen LogP contribution < -0.4 is 10.0 Å². The van der Waals surface area contributed by atoms with Crippen molar-refractivity contribution in [1.29, 1.82) is 0 Å². The van der Waals surface area contributed by atoms with Gasteiger partial charge in [-0.25, -0.2) is 0 Å². The van der Waals surface area contributed by atoms with E-state index in [4.69, 9.17) is 0 Å². The highest BCUT2D eigenvalue weighted by Crippen LogP contribution is 2.21. The molecule has 1 aliphatic rings. The minimum atomic E-state index is 0.924. The van der Waals surface area contributed by atoms with Crippen molar-refractivity contribution in [1.82, 2.24) is 25.1 Å². The van der Waals surface area contributed by atoms with E-state index in [2.05, 4.69) is 50.3 Å². The molecule has 0 atom stereocenters. The Hall–Kier alpha value is -1.47. The fourth-order valence-corrected chi connectivity index (χ4v) is 3.21. The second kappa shape index (κ2) is 8.40. The fraction of sp³-hybridized carbons (Fsp3) is 0.412. The van der Waals surface area contributed by atoms with Crippen LogP contribution in [0, 0.1) is 6.92 Å². The van der Waals surface area contributed by atoms with Crippen LogP contribution in [0.25, 0.3) is 11.3 Å². The first-order valence-corrected chi connectivity index (χ1v) is 8.87. The van der Waals surface area contributed by atoms with Crippen molar-refractivity contribution in [3.05, 3.63) is 42.0 Å². The van der Waals surface area contributed by atoms with Gasteiger partial charge in [-0.3, -0.25) is 9.62 Å². The second-order valence-electron chi connectivity index (χ2n) is 5.67. The van der Waals surface area contributed by atoms with Gasteiger partial charge in [-0.1, -0.05) is 30.3 Å². The molecule has 3 rings (SSSR count).